The standard InChI is InChI=1S/C14H19N3OS/c1-2-16-7-8-18-12(10-16)11-17-6-5-15-14(17)13-4-3-9-19-13/h3-6,9,12H,2,7-8,10-11H2,1H3. The van der Waals surface area contributed by atoms with Crippen molar-refractivity contribution in [2.45, 2.75) is 19.6 Å². The number of nitrogens with zero attached hydrogens (tertiary/aromatic N) is 3. The summed E-state index contributed by atoms with van der Waals surface area (Å²) in [6, 6.07) is 4.18. The first-order chi connectivity index (χ1) is 9.36. The monoisotopic (exact) mass is 277 g/mol. The molecular weight excluding hydrogens is 258 g/mol. The van der Waals surface area contributed by atoms with Crippen LogP contribution >= 0.6 is 11.3 Å². The summed E-state index contributed by atoms with van der Waals surface area (Å²) >= 11 is 1.73. The van der Waals surface area contributed by atoms with Gasteiger partial charge in [0, 0.05) is 25.5 Å². The summed E-state index contributed by atoms with van der Waals surface area (Å²) in [6.45, 7) is 7.08. The molecule has 0 aromatic carbocycles. The number of hydrogen-bond acceptors (Lipinski definition) is 4. The summed E-state index contributed by atoms with van der Waals surface area (Å²) < 4.78 is 8.07. The van der Waals surface area contributed by atoms with Gasteiger partial charge in [-0.15, -0.1) is 11.3 Å². The highest BCUT2D eigenvalue weighted by Crippen LogP contribution is 2.23. The van der Waals surface area contributed by atoms with Crippen molar-refractivity contribution in [3.63, 3.8) is 0 Å². The largest absolute Gasteiger partial charge is 0.374 e. The van der Waals surface area contributed by atoms with Gasteiger partial charge in [0.2, 0.25) is 0 Å². The van der Waals surface area contributed by atoms with Crippen molar-refractivity contribution in [1.82, 2.24) is 14.5 Å². The summed E-state index contributed by atoms with van der Waals surface area (Å²) in [5.41, 5.74) is 0. The Hall–Kier alpha value is -1.17. The summed E-state index contributed by atoms with van der Waals surface area (Å²) in [7, 11) is 0. The van der Waals surface area contributed by atoms with E-state index in [-0.39, 0.29) is 6.10 Å². The smallest absolute Gasteiger partial charge is 0.150 e. The quantitative estimate of drug-likeness (QED) is 0.859. The first kappa shape index (κ1) is 12.8. The van der Waals surface area contributed by atoms with Crippen LogP contribution in [0.2, 0.25) is 0 Å². The fourth-order valence-electron chi connectivity index (χ4n) is 2.48. The minimum atomic E-state index is 0.265. The number of rotatable bonds is 4. The predicted molar refractivity (Wildman–Crippen MR) is 77.4 cm³/mol. The maximum Gasteiger partial charge on any atom is 0.150 e. The fourth-order valence-corrected chi connectivity index (χ4v) is 3.22. The van der Waals surface area contributed by atoms with E-state index in [9.17, 15) is 0 Å². The molecule has 1 atom stereocenters. The van der Waals surface area contributed by atoms with Crippen LogP contribution in [0, 0.1) is 0 Å². The van der Waals surface area contributed by atoms with Gasteiger partial charge in [0.1, 0.15) is 5.82 Å². The third-order valence-corrected chi connectivity index (χ3v) is 4.39. The Morgan fingerprint density at radius 2 is 2.47 bits per heavy atom. The van der Waals surface area contributed by atoms with E-state index in [4.69, 9.17) is 4.74 Å². The molecule has 1 saturated heterocycles. The van der Waals surface area contributed by atoms with Crippen LogP contribution in [0.3, 0.4) is 0 Å². The van der Waals surface area contributed by atoms with E-state index in [1.807, 2.05) is 12.4 Å². The number of aromatic nitrogens is 2. The lowest BCUT2D eigenvalue weighted by Crippen LogP contribution is -2.43. The Balaban J connectivity index is 1.72. The number of likely N-dealkylation sites (N-methyl/N-ethyl adjacent to an activating group) is 1. The van der Waals surface area contributed by atoms with E-state index in [0.717, 1.165) is 38.6 Å². The van der Waals surface area contributed by atoms with E-state index in [0.29, 0.717) is 0 Å². The summed E-state index contributed by atoms with van der Waals surface area (Å²) in [6.07, 6.45) is 4.18. The average Bonchev–Trinajstić information content (AvgIpc) is 3.09. The lowest BCUT2D eigenvalue weighted by atomic mass is 10.2. The molecular formula is C14H19N3OS. The van der Waals surface area contributed by atoms with Crippen LogP contribution in [-0.4, -0.2) is 46.8 Å². The third kappa shape index (κ3) is 2.88. The molecule has 3 heterocycles. The lowest BCUT2D eigenvalue weighted by molar-refractivity contribution is -0.0340. The molecule has 1 aliphatic rings. The van der Waals surface area contributed by atoms with Gasteiger partial charge in [0.25, 0.3) is 0 Å². The third-order valence-electron chi connectivity index (χ3n) is 3.53. The molecule has 0 N–H and O–H groups in total. The highest BCUT2D eigenvalue weighted by molar-refractivity contribution is 7.13. The molecule has 2 aromatic rings. The molecule has 4 nitrogen and oxygen atoms in total. The molecule has 2 aromatic heterocycles. The maximum absolute atomic E-state index is 5.87. The molecule has 0 bridgehead atoms. The SMILES string of the molecule is CCN1CCOC(Cn2ccnc2-c2cccs2)C1. The van der Waals surface area contributed by atoms with Crippen molar-refractivity contribution in [3.8, 4) is 10.7 Å². The van der Waals surface area contributed by atoms with Crippen molar-refractivity contribution in [1.29, 1.82) is 0 Å². The van der Waals surface area contributed by atoms with Gasteiger partial charge < -0.3 is 9.30 Å². The highest BCUT2D eigenvalue weighted by atomic mass is 32.1. The first-order valence-corrected chi connectivity index (χ1v) is 7.63. The van der Waals surface area contributed by atoms with Crippen LogP contribution in [0.25, 0.3) is 10.7 Å². The molecule has 0 amide bonds. The lowest BCUT2D eigenvalue weighted by Gasteiger charge is -2.32. The molecule has 0 saturated carbocycles. The molecule has 102 valence electrons. The molecule has 1 fully saturated rings. The Labute approximate surface area is 117 Å². The molecule has 0 aliphatic carbocycles. The van der Waals surface area contributed by atoms with Crippen LogP contribution in [0.15, 0.2) is 29.9 Å². The molecule has 19 heavy (non-hydrogen) atoms. The van der Waals surface area contributed by atoms with Gasteiger partial charge in [-0.25, -0.2) is 4.98 Å². The van der Waals surface area contributed by atoms with E-state index in [1.54, 1.807) is 11.3 Å². The molecule has 1 aliphatic heterocycles. The van der Waals surface area contributed by atoms with Gasteiger partial charge in [-0.2, -0.15) is 0 Å². The van der Waals surface area contributed by atoms with E-state index >= 15 is 0 Å². The number of hydrogen-bond donors (Lipinski definition) is 0. The maximum atomic E-state index is 5.87. The van der Waals surface area contributed by atoms with Gasteiger partial charge in [-0.1, -0.05) is 13.0 Å². The van der Waals surface area contributed by atoms with Crippen LogP contribution in [0.5, 0.6) is 0 Å². The predicted octanol–water partition coefficient (Wildman–Crippen LogP) is 2.33. The van der Waals surface area contributed by atoms with Gasteiger partial charge in [-0.05, 0) is 18.0 Å². The van der Waals surface area contributed by atoms with Crippen molar-refractivity contribution in [2.24, 2.45) is 0 Å². The second-order valence-electron chi connectivity index (χ2n) is 4.77. The molecule has 0 spiro atoms. The first-order valence-electron chi connectivity index (χ1n) is 6.76. The zero-order valence-electron chi connectivity index (χ0n) is 11.2. The van der Waals surface area contributed by atoms with Crippen LogP contribution in [-0.2, 0) is 11.3 Å². The Bertz CT molecular complexity index is 509. The molecule has 0 radical (unpaired) electrons. The molecule has 1 unspecified atom stereocenters. The zero-order valence-corrected chi connectivity index (χ0v) is 12.0. The van der Waals surface area contributed by atoms with Crippen LogP contribution in [0.1, 0.15) is 6.92 Å². The van der Waals surface area contributed by atoms with E-state index in [1.165, 1.54) is 4.88 Å². The molecule has 3 rings (SSSR count). The van der Waals surface area contributed by atoms with E-state index < -0.39 is 0 Å². The van der Waals surface area contributed by atoms with Crippen molar-refractivity contribution in [2.75, 3.05) is 26.2 Å². The average molecular weight is 277 g/mol. The topological polar surface area (TPSA) is 30.3 Å². The second kappa shape index (κ2) is 5.86. The Kier molecular flexibility index (Phi) is 3.96. The number of thiophene rings is 1. The minimum absolute atomic E-state index is 0.265. The second-order valence-corrected chi connectivity index (χ2v) is 5.71. The number of imidazole rings is 1. The van der Waals surface area contributed by atoms with Gasteiger partial charge in [0.15, 0.2) is 0 Å². The van der Waals surface area contributed by atoms with Crippen molar-refractivity contribution >= 4 is 11.3 Å². The Morgan fingerprint density at radius 3 is 3.26 bits per heavy atom. The van der Waals surface area contributed by atoms with Crippen molar-refractivity contribution < 1.29 is 4.74 Å². The summed E-state index contributed by atoms with van der Waals surface area (Å²) in [5.74, 6) is 1.05. The highest BCUT2D eigenvalue weighted by Gasteiger charge is 2.20. The number of morpholine rings is 1. The Morgan fingerprint density at radius 1 is 1.53 bits per heavy atom. The normalized spacial score (nSPS) is 20.8. The zero-order chi connectivity index (χ0) is 13.1. The fraction of sp³-hybridized carbons (Fsp3) is 0.500. The van der Waals surface area contributed by atoms with Gasteiger partial charge in [-0.3, -0.25) is 4.90 Å². The van der Waals surface area contributed by atoms with Crippen LogP contribution < -0.4 is 0 Å². The van der Waals surface area contributed by atoms with Gasteiger partial charge in [0.05, 0.1) is 24.1 Å². The summed E-state index contributed by atoms with van der Waals surface area (Å²) in [4.78, 5) is 8.12. The van der Waals surface area contributed by atoms with Crippen molar-refractivity contribution in [3.05, 3.63) is 29.9 Å². The summed E-state index contributed by atoms with van der Waals surface area (Å²) in [5, 5.41) is 2.09. The molecule has 5 heteroatoms. The van der Waals surface area contributed by atoms with Gasteiger partial charge >= 0.3 is 0 Å². The van der Waals surface area contributed by atoms with E-state index in [2.05, 4.69) is 38.9 Å². The minimum Gasteiger partial charge on any atom is -0.374 e. The number of ether oxygens (including phenoxy) is 1. The van der Waals surface area contributed by atoms with Crippen LogP contribution in [0.4, 0.5) is 0 Å².